The van der Waals surface area contributed by atoms with Crippen LogP contribution < -0.4 is 0 Å². The van der Waals surface area contributed by atoms with Crippen LogP contribution in [0, 0.1) is 0 Å². The Morgan fingerprint density at radius 1 is 0.704 bits per heavy atom. The van der Waals surface area contributed by atoms with Crippen molar-refractivity contribution in [1.29, 1.82) is 0 Å². The van der Waals surface area contributed by atoms with Gasteiger partial charge in [-0.2, -0.15) is 0 Å². The molecule has 0 saturated heterocycles. The van der Waals surface area contributed by atoms with Crippen molar-refractivity contribution in [2.24, 2.45) is 0 Å². The normalized spacial score (nSPS) is 16.6. The van der Waals surface area contributed by atoms with Gasteiger partial charge in [0.25, 0.3) is 0 Å². The molecule has 0 fully saturated rings. The number of thioether (sulfide) groups is 1. The van der Waals surface area contributed by atoms with Gasteiger partial charge in [-0.15, -0.1) is 11.8 Å². The summed E-state index contributed by atoms with van der Waals surface area (Å²) in [5, 5.41) is 2.32. The van der Waals surface area contributed by atoms with E-state index in [1.807, 2.05) is 24.3 Å². The predicted molar refractivity (Wildman–Crippen MR) is 113 cm³/mol. The second kappa shape index (κ2) is 6.71. The van der Waals surface area contributed by atoms with Crippen molar-refractivity contribution in [1.82, 2.24) is 0 Å². The number of rotatable bonds is 4. The summed E-state index contributed by atoms with van der Waals surface area (Å²) >= 11 is 1.78. The van der Waals surface area contributed by atoms with Crippen molar-refractivity contribution in [2.75, 3.05) is 0 Å². The molecule has 0 unspecified atom stereocenters. The number of carbonyl (C=O) groups is 1. The first-order chi connectivity index (χ1) is 13.3. The van der Waals surface area contributed by atoms with Crippen LogP contribution in [0.4, 0.5) is 0 Å². The van der Waals surface area contributed by atoms with E-state index in [2.05, 4.69) is 72.8 Å². The molecular weight excluding hydrogens is 348 g/mol. The fraction of sp³-hybridized carbons (Fsp3) is 0.0800. The van der Waals surface area contributed by atoms with E-state index in [0.29, 0.717) is 0 Å². The van der Waals surface area contributed by atoms with Crippen molar-refractivity contribution < 1.29 is 4.79 Å². The molecule has 0 aromatic heterocycles. The molecule has 5 rings (SSSR count). The molecule has 0 spiro atoms. The fourth-order valence-corrected chi connectivity index (χ4v) is 5.37. The number of ketones is 1. The number of carbonyl (C=O) groups excluding carboxylic acids is 1. The Labute approximate surface area is 163 Å². The predicted octanol–water partition coefficient (Wildman–Crippen LogP) is 6.65. The number of hydrogen-bond donors (Lipinski definition) is 0. The van der Waals surface area contributed by atoms with Crippen molar-refractivity contribution in [3.8, 4) is 0 Å². The zero-order chi connectivity index (χ0) is 18.2. The van der Waals surface area contributed by atoms with Gasteiger partial charge in [0, 0.05) is 15.7 Å². The third-order valence-electron chi connectivity index (χ3n) is 5.26. The van der Waals surface area contributed by atoms with E-state index in [1.54, 1.807) is 11.8 Å². The average molecular weight is 366 g/mol. The minimum absolute atomic E-state index is 0.0408. The molecule has 0 aliphatic heterocycles. The van der Waals surface area contributed by atoms with E-state index < -0.39 is 0 Å². The highest BCUT2D eigenvalue weighted by atomic mass is 32.2. The van der Waals surface area contributed by atoms with Gasteiger partial charge in [-0.05, 0) is 34.0 Å². The largest absolute Gasteiger partial charge is 0.293 e. The van der Waals surface area contributed by atoms with Crippen LogP contribution in [0.3, 0.4) is 0 Å². The van der Waals surface area contributed by atoms with Crippen LogP contribution in [-0.4, -0.2) is 5.78 Å². The summed E-state index contributed by atoms with van der Waals surface area (Å²) in [6, 6.07) is 33.1. The molecule has 0 saturated carbocycles. The summed E-state index contributed by atoms with van der Waals surface area (Å²) in [7, 11) is 0. The quantitative estimate of drug-likeness (QED) is 0.376. The lowest BCUT2D eigenvalue weighted by molar-refractivity contribution is 0.0966. The summed E-state index contributed by atoms with van der Waals surface area (Å²) in [4.78, 5) is 14.7. The van der Waals surface area contributed by atoms with Gasteiger partial charge in [-0.25, -0.2) is 0 Å². The molecule has 2 heteroatoms. The van der Waals surface area contributed by atoms with E-state index >= 15 is 0 Å². The van der Waals surface area contributed by atoms with Gasteiger partial charge >= 0.3 is 0 Å². The molecule has 1 aliphatic rings. The van der Waals surface area contributed by atoms with Crippen LogP contribution >= 0.6 is 11.8 Å². The van der Waals surface area contributed by atoms with Gasteiger partial charge in [0.1, 0.15) is 0 Å². The second-order valence-electron chi connectivity index (χ2n) is 6.86. The summed E-state index contributed by atoms with van der Waals surface area (Å²) < 4.78 is 0. The number of Topliss-reactive ketones (excluding diaryl/α,β-unsaturated/α-hetero) is 1. The summed E-state index contributed by atoms with van der Waals surface area (Å²) in [6.07, 6.45) is 0. The lowest BCUT2D eigenvalue weighted by Crippen LogP contribution is -2.14. The van der Waals surface area contributed by atoms with Crippen molar-refractivity contribution in [3.63, 3.8) is 0 Å². The highest BCUT2D eigenvalue weighted by Gasteiger charge is 2.39. The zero-order valence-corrected chi connectivity index (χ0v) is 15.5. The van der Waals surface area contributed by atoms with Gasteiger partial charge in [-0.3, -0.25) is 4.79 Å². The molecule has 0 N–H and O–H groups in total. The summed E-state index contributed by atoms with van der Waals surface area (Å²) in [6.45, 7) is 0. The molecular formula is C25H18OS. The Kier molecular flexibility index (Phi) is 4.06. The molecule has 0 radical (unpaired) electrons. The average Bonchev–Trinajstić information content (AvgIpc) is 3.02. The first-order valence-corrected chi connectivity index (χ1v) is 10.0. The van der Waals surface area contributed by atoms with E-state index in [1.165, 1.54) is 10.5 Å². The molecule has 0 heterocycles. The van der Waals surface area contributed by atoms with Gasteiger partial charge in [0.05, 0.1) is 5.92 Å². The molecule has 1 nitrogen and oxygen atoms in total. The Balaban J connectivity index is 1.67. The standard InChI is InChI=1S/C25H18OS/c26-24-21-16-8-12-17-11-7-15-20(22(17)21)23(24)25(18-9-3-1-4-10-18)27-19-13-5-2-6-14-19/h1-16,23,25H/t23-,25-/m1/s1. The van der Waals surface area contributed by atoms with Crippen LogP contribution in [0.2, 0.25) is 0 Å². The monoisotopic (exact) mass is 366 g/mol. The summed E-state index contributed by atoms with van der Waals surface area (Å²) in [5.74, 6) is 0.0674. The van der Waals surface area contributed by atoms with Crippen molar-refractivity contribution >= 4 is 28.3 Å². The van der Waals surface area contributed by atoms with Crippen LogP contribution in [0.25, 0.3) is 10.8 Å². The lowest BCUT2D eigenvalue weighted by Gasteiger charge is -2.24. The summed E-state index contributed by atoms with van der Waals surface area (Å²) in [5.41, 5.74) is 3.21. The molecule has 4 aromatic carbocycles. The van der Waals surface area contributed by atoms with E-state index in [9.17, 15) is 4.79 Å². The lowest BCUT2D eigenvalue weighted by atomic mass is 9.91. The topological polar surface area (TPSA) is 17.1 Å². The highest BCUT2D eigenvalue weighted by Crippen LogP contribution is 2.51. The maximum Gasteiger partial charge on any atom is 0.172 e. The van der Waals surface area contributed by atoms with Crippen LogP contribution in [0.5, 0.6) is 0 Å². The molecule has 2 atom stereocenters. The smallest absolute Gasteiger partial charge is 0.172 e. The fourth-order valence-electron chi connectivity index (χ4n) is 4.06. The van der Waals surface area contributed by atoms with Gasteiger partial charge in [0.15, 0.2) is 5.78 Å². The number of hydrogen-bond acceptors (Lipinski definition) is 2. The Hall–Kier alpha value is -2.84. The maximum absolute atomic E-state index is 13.5. The van der Waals surface area contributed by atoms with E-state index in [0.717, 1.165) is 21.9 Å². The SMILES string of the molecule is O=C1c2cccc3cccc(c23)[C@H]1[C@H](Sc1ccccc1)c1ccccc1. The van der Waals surface area contributed by atoms with Crippen molar-refractivity contribution in [3.05, 3.63) is 114 Å². The van der Waals surface area contributed by atoms with Crippen molar-refractivity contribution in [2.45, 2.75) is 16.1 Å². The van der Waals surface area contributed by atoms with Gasteiger partial charge < -0.3 is 0 Å². The van der Waals surface area contributed by atoms with Gasteiger partial charge in [0.2, 0.25) is 0 Å². The molecule has 0 bridgehead atoms. The third kappa shape index (κ3) is 2.77. The first kappa shape index (κ1) is 16.3. The van der Waals surface area contributed by atoms with E-state index in [4.69, 9.17) is 0 Å². The Morgan fingerprint density at radius 2 is 1.37 bits per heavy atom. The minimum atomic E-state index is -0.168. The maximum atomic E-state index is 13.5. The van der Waals surface area contributed by atoms with E-state index in [-0.39, 0.29) is 17.0 Å². The molecule has 4 aromatic rings. The van der Waals surface area contributed by atoms with Crippen LogP contribution in [0.1, 0.15) is 32.7 Å². The Morgan fingerprint density at radius 3 is 2.11 bits per heavy atom. The second-order valence-corrected chi connectivity index (χ2v) is 8.07. The van der Waals surface area contributed by atoms with Gasteiger partial charge in [-0.1, -0.05) is 84.9 Å². The van der Waals surface area contributed by atoms with Crippen LogP contribution in [-0.2, 0) is 0 Å². The zero-order valence-electron chi connectivity index (χ0n) is 14.7. The Bertz CT molecular complexity index is 1110. The highest BCUT2D eigenvalue weighted by molar-refractivity contribution is 7.99. The molecule has 1 aliphatic carbocycles. The van der Waals surface area contributed by atoms with Crippen LogP contribution in [0.15, 0.2) is 102 Å². The first-order valence-electron chi connectivity index (χ1n) is 9.15. The minimum Gasteiger partial charge on any atom is -0.293 e. The number of benzene rings is 4. The molecule has 130 valence electrons. The molecule has 0 amide bonds. The molecule has 27 heavy (non-hydrogen) atoms. The third-order valence-corrected chi connectivity index (χ3v) is 6.60.